The van der Waals surface area contributed by atoms with Gasteiger partial charge in [0.15, 0.2) is 0 Å². The smallest absolute Gasteiger partial charge is 0.207 e. The number of hydrogen-bond donors (Lipinski definition) is 0. The summed E-state index contributed by atoms with van der Waals surface area (Å²) in [7, 11) is 0. The Morgan fingerprint density at radius 3 is 2.08 bits per heavy atom. The van der Waals surface area contributed by atoms with E-state index >= 15 is 0 Å². The van der Waals surface area contributed by atoms with Gasteiger partial charge in [0.2, 0.25) is 5.92 Å². The molecule has 2 aliphatic rings. The normalized spacial score (nSPS) is 31.6. The maximum absolute atomic E-state index is 12.7. The Hall–Kier alpha value is -0.140. The zero-order chi connectivity index (χ0) is 9.53. The van der Waals surface area contributed by atoms with E-state index in [0.29, 0.717) is 0 Å². The lowest BCUT2D eigenvalue weighted by molar-refractivity contribution is -0.176. The number of alkyl halides is 2. The van der Waals surface area contributed by atoms with Crippen LogP contribution in [0.1, 0.15) is 51.9 Å². The summed E-state index contributed by atoms with van der Waals surface area (Å²) in [6.45, 7) is 2.21. The van der Waals surface area contributed by atoms with E-state index in [1.54, 1.807) is 0 Å². The molecule has 0 aromatic carbocycles. The van der Waals surface area contributed by atoms with Gasteiger partial charge >= 0.3 is 0 Å². The van der Waals surface area contributed by atoms with Crippen LogP contribution in [0.3, 0.4) is 0 Å². The second-order valence-electron chi connectivity index (χ2n) is 5.06. The second-order valence-corrected chi connectivity index (χ2v) is 5.06. The third kappa shape index (κ3) is 1.72. The fourth-order valence-electron chi connectivity index (χ4n) is 3.10. The molecular weight excluding hydrogens is 170 g/mol. The van der Waals surface area contributed by atoms with E-state index in [1.807, 2.05) is 0 Å². The summed E-state index contributed by atoms with van der Waals surface area (Å²) in [6, 6.07) is 0. The van der Waals surface area contributed by atoms with Crippen LogP contribution < -0.4 is 0 Å². The van der Waals surface area contributed by atoms with Crippen LogP contribution in [-0.2, 0) is 0 Å². The van der Waals surface area contributed by atoms with E-state index in [9.17, 15) is 8.78 Å². The van der Waals surface area contributed by atoms with Crippen LogP contribution >= 0.6 is 0 Å². The maximum atomic E-state index is 12.7. The molecule has 0 radical (unpaired) electrons. The highest BCUT2D eigenvalue weighted by atomic mass is 19.3. The highest BCUT2D eigenvalue weighted by molar-refractivity contribution is 5.00. The molecule has 2 rings (SSSR count). The Labute approximate surface area is 78.7 Å². The van der Waals surface area contributed by atoms with Gasteiger partial charge in [-0.2, -0.15) is 0 Å². The zero-order valence-electron chi connectivity index (χ0n) is 8.28. The molecule has 0 nitrogen and oxygen atoms in total. The van der Waals surface area contributed by atoms with E-state index in [-0.39, 0.29) is 18.3 Å². The first-order valence-electron chi connectivity index (χ1n) is 5.43. The van der Waals surface area contributed by atoms with Crippen LogP contribution in [0, 0.1) is 11.3 Å². The van der Waals surface area contributed by atoms with Crippen molar-refractivity contribution in [3.05, 3.63) is 0 Å². The van der Waals surface area contributed by atoms with E-state index in [4.69, 9.17) is 0 Å². The lowest BCUT2D eigenvalue weighted by atomic mass is 9.57. The quantitative estimate of drug-likeness (QED) is 0.583. The van der Waals surface area contributed by atoms with Crippen LogP contribution in [0.25, 0.3) is 0 Å². The number of hydrogen-bond acceptors (Lipinski definition) is 0. The van der Waals surface area contributed by atoms with Crippen LogP contribution in [0.15, 0.2) is 0 Å². The van der Waals surface area contributed by atoms with Crippen LogP contribution in [0.2, 0.25) is 0 Å². The number of rotatable bonds is 1. The summed E-state index contributed by atoms with van der Waals surface area (Å²) in [5.41, 5.74) is 0.0647. The minimum Gasteiger partial charge on any atom is -0.207 e. The van der Waals surface area contributed by atoms with Crippen LogP contribution in [-0.4, -0.2) is 5.92 Å². The SMILES string of the molecule is CCC1CCC2(CC1)CC(F)(F)C2. The molecule has 13 heavy (non-hydrogen) atoms. The van der Waals surface area contributed by atoms with E-state index < -0.39 is 5.92 Å². The Morgan fingerprint density at radius 2 is 1.69 bits per heavy atom. The average molecular weight is 188 g/mol. The molecule has 0 aliphatic heterocycles. The Bertz CT molecular complexity index is 180. The molecule has 2 aliphatic carbocycles. The van der Waals surface area contributed by atoms with Gasteiger partial charge < -0.3 is 0 Å². The van der Waals surface area contributed by atoms with Gasteiger partial charge in [0.25, 0.3) is 0 Å². The van der Waals surface area contributed by atoms with Crippen LogP contribution in [0.4, 0.5) is 8.78 Å². The largest absolute Gasteiger partial charge is 0.249 e. The lowest BCUT2D eigenvalue weighted by Crippen LogP contribution is -2.47. The molecule has 0 atom stereocenters. The average Bonchev–Trinajstić information content (AvgIpc) is 2.02. The van der Waals surface area contributed by atoms with Gasteiger partial charge in [0.05, 0.1) is 0 Å². The predicted octanol–water partition coefficient (Wildman–Crippen LogP) is 4.00. The van der Waals surface area contributed by atoms with Gasteiger partial charge in [-0.3, -0.25) is 0 Å². The number of halogens is 2. The topological polar surface area (TPSA) is 0 Å². The lowest BCUT2D eigenvalue weighted by Gasteiger charge is -2.51. The molecule has 0 heterocycles. The third-order valence-corrected chi connectivity index (χ3v) is 4.01. The van der Waals surface area contributed by atoms with Crippen molar-refractivity contribution in [1.29, 1.82) is 0 Å². The van der Waals surface area contributed by atoms with E-state index in [1.165, 1.54) is 19.3 Å². The molecule has 2 fully saturated rings. The summed E-state index contributed by atoms with van der Waals surface area (Å²) in [4.78, 5) is 0. The molecule has 76 valence electrons. The summed E-state index contributed by atoms with van der Waals surface area (Å²) in [5.74, 6) is -1.50. The Balaban J connectivity index is 1.86. The first kappa shape index (κ1) is 9.42. The molecular formula is C11H18F2. The van der Waals surface area contributed by atoms with Crippen molar-refractivity contribution in [3.8, 4) is 0 Å². The molecule has 0 unspecified atom stereocenters. The summed E-state index contributed by atoms with van der Waals surface area (Å²) in [6.07, 6.45) is 6.07. The predicted molar refractivity (Wildman–Crippen MR) is 48.9 cm³/mol. The fourth-order valence-corrected chi connectivity index (χ4v) is 3.10. The second kappa shape index (κ2) is 2.93. The van der Waals surface area contributed by atoms with Gasteiger partial charge in [0, 0.05) is 12.8 Å². The van der Waals surface area contributed by atoms with E-state index in [0.717, 1.165) is 18.8 Å². The minimum absolute atomic E-state index is 0.0647. The summed E-state index contributed by atoms with van der Waals surface area (Å²) < 4.78 is 25.5. The molecule has 0 saturated heterocycles. The molecule has 2 heteroatoms. The Morgan fingerprint density at radius 1 is 1.15 bits per heavy atom. The summed E-state index contributed by atoms with van der Waals surface area (Å²) >= 11 is 0. The molecule has 0 N–H and O–H groups in total. The highest BCUT2D eigenvalue weighted by Crippen LogP contribution is 2.59. The Kier molecular flexibility index (Phi) is 2.12. The van der Waals surface area contributed by atoms with Crippen molar-refractivity contribution in [1.82, 2.24) is 0 Å². The first-order valence-corrected chi connectivity index (χ1v) is 5.43. The molecule has 1 spiro atoms. The minimum atomic E-state index is -2.32. The molecule has 0 aromatic heterocycles. The molecule has 0 amide bonds. The van der Waals surface area contributed by atoms with Crippen molar-refractivity contribution in [2.45, 2.75) is 57.8 Å². The third-order valence-electron chi connectivity index (χ3n) is 4.01. The zero-order valence-corrected chi connectivity index (χ0v) is 8.28. The highest BCUT2D eigenvalue weighted by Gasteiger charge is 2.56. The van der Waals surface area contributed by atoms with Crippen molar-refractivity contribution >= 4 is 0 Å². The standard InChI is InChI=1S/C11H18F2/c1-2-9-3-5-10(6-4-9)7-11(12,13)8-10/h9H,2-8H2,1H3. The fraction of sp³-hybridized carbons (Fsp3) is 1.00. The van der Waals surface area contributed by atoms with E-state index in [2.05, 4.69) is 6.92 Å². The van der Waals surface area contributed by atoms with Gasteiger partial charge in [-0.05, 0) is 37.0 Å². The van der Waals surface area contributed by atoms with Gasteiger partial charge in [-0.1, -0.05) is 13.3 Å². The maximum Gasteiger partial charge on any atom is 0.249 e. The molecule has 0 aromatic rings. The van der Waals surface area contributed by atoms with Crippen LogP contribution in [0.5, 0.6) is 0 Å². The van der Waals surface area contributed by atoms with Gasteiger partial charge in [0.1, 0.15) is 0 Å². The van der Waals surface area contributed by atoms with Crippen molar-refractivity contribution in [2.24, 2.45) is 11.3 Å². The van der Waals surface area contributed by atoms with Crippen molar-refractivity contribution < 1.29 is 8.78 Å². The van der Waals surface area contributed by atoms with Gasteiger partial charge in [-0.25, -0.2) is 8.78 Å². The monoisotopic (exact) mass is 188 g/mol. The molecule has 0 bridgehead atoms. The first-order chi connectivity index (χ1) is 6.05. The van der Waals surface area contributed by atoms with Gasteiger partial charge in [-0.15, -0.1) is 0 Å². The molecule has 2 saturated carbocycles. The van der Waals surface area contributed by atoms with Crippen molar-refractivity contribution in [3.63, 3.8) is 0 Å². The van der Waals surface area contributed by atoms with Crippen molar-refractivity contribution in [2.75, 3.05) is 0 Å². The summed E-state index contributed by atoms with van der Waals surface area (Å²) in [5, 5.41) is 0.